The maximum atomic E-state index is 9.55. The lowest BCUT2D eigenvalue weighted by atomic mass is 10.5. The number of rotatable bonds is 3. The number of carboxylic acids is 2. The maximum Gasteiger partial charge on any atom is 0.328 e. The molecule has 0 saturated heterocycles. The molecule has 0 heterocycles. The highest BCUT2D eigenvalue weighted by Gasteiger charge is 1.88. The van der Waals surface area contributed by atoms with Crippen LogP contribution in [-0.2, 0) is 9.59 Å². The zero-order chi connectivity index (χ0) is 9.98. The molecule has 0 radical (unpaired) electrons. The number of hydrogen-bond acceptors (Lipinski definition) is 4. The lowest BCUT2D eigenvalue weighted by Crippen LogP contribution is -1.97. The Labute approximate surface area is 75.3 Å². The van der Waals surface area contributed by atoms with Gasteiger partial charge in [0, 0.05) is 24.4 Å². The first-order valence-corrected chi connectivity index (χ1v) is 3.62. The molecule has 0 aromatic heterocycles. The van der Waals surface area contributed by atoms with Crippen molar-refractivity contribution in [3.8, 4) is 0 Å². The van der Waals surface area contributed by atoms with E-state index in [-0.39, 0.29) is 0 Å². The van der Waals surface area contributed by atoms with E-state index < -0.39 is 11.9 Å². The minimum atomic E-state index is -1.26. The van der Waals surface area contributed by atoms with Crippen LogP contribution in [0.1, 0.15) is 0 Å². The van der Waals surface area contributed by atoms with Crippen LogP contribution in [0.5, 0.6) is 0 Å². The quantitative estimate of drug-likeness (QED) is 0.360. The Morgan fingerprint density at radius 1 is 1.25 bits per heavy atom. The molecular weight excluding hydrogens is 182 g/mol. The molecule has 0 saturated carbocycles. The summed E-state index contributed by atoms with van der Waals surface area (Å²) in [5.41, 5.74) is 4.95. The summed E-state index contributed by atoms with van der Waals surface area (Å²) in [5.74, 6) is -1.72. The molecule has 0 fully saturated rings. The van der Waals surface area contributed by atoms with Crippen molar-refractivity contribution in [2.45, 2.75) is 0 Å². The molecule has 0 aliphatic heterocycles. The van der Waals surface area contributed by atoms with Crippen molar-refractivity contribution in [3.63, 3.8) is 0 Å². The summed E-state index contributed by atoms with van der Waals surface area (Å²) in [7, 11) is 0. The molecule has 6 heteroatoms. The van der Waals surface area contributed by atoms with Crippen molar-refractivity contribution < 1.29 is 19.8 Å². The number of carboxylic acid groups (broad SMARTS) is 2. The molecule has 0 aromatic rings. The van der Waals surface area contributed by atoms with Crippen molar-refractivity contribution >= 4 is 24.6 Å². The monoisotopic (exact) mass is 193 g/mol. The smallest absolute Gasteiger partial charge is 0.328 e. The minimum Gasteiger partial charge on any atom is -0.478 e. The predicted molar refractivity (Wildman–Crippen MR) is 47.3 cm³/mol. The summed E-state index contributed by atoms with van der Waals surface area (Å²) in [6, 6.07) is 0. The molecule has 12 heavy (non-hydrogen) atoms. The lowest BCUT2D eigenvalue weighted by Gasteiger charge is -1.74. The minimum absolute atomic E-state index is 0.558. The summed E-state index contributed by atoms with van der Waals surface area (Å²) in [5, 5.41) is 15.6. The highest BCUT2D eigenvalue weighted by atomic mass is 32.1. The molecule has 0 spiro atoms. The van der Waals surface area contributed by atoms with Crippen LogP contribution < -0.4 is 5.73 Å². The Balaban J connectivity index is 0. The van der Waals surface area contributed by atoms with Crippen LogP contribution >= 0.6 is 12.6 Å². The Bertz CT molecular complexity index is 151. The van der Waals surface area contributed by atoms with E-state index in [0.29, 0.717) is 18.7 Å². The molecule has 70 valence electrons. The second-order valence-corrected chi connectivity index (χ2v) is 1.97. The fourth-order valence-corrected chi connectivity index (χ4v) is 0.143. The van der Waals surface area contributed by atoms with Gasteiger partial charge in [-0.3, -0.25) is 0 Å². The third-order valence-electron chi connectivity index (χ3n) is 0.498. The predicted octanol–water partition coefficient (Wildman–Crippen LogP) is -0.413. The summed E-state index contributed by atoms with van der Waals surface area (Å²) < 4.78 is 0. The van der Waals surface area contributed by atoms with Crippen molar-refractivity contribution in [1.29, 1.82) is 0 Å². The average Bonchev–Trinajstić information content (AvgIpc) is 2.01. The van der Waals surface area contributed by atoms with Crippen molar-refractivity contribution in [3.05, 3.63) is 12.2 Å². The lowest BCUT2D eigenvalue weighted by molar-refractivity contribution is -0.134. The Hall–Kier alpha value is -1.01. The fraction of sp³-hybridized carbons (Fsp3) is 0.333. The van der Waals surface area contributed by atoms with Gasteiger partial charge in [-0.15, -0.1) is 0 Å². The van der Waals surface area contributed by atoms with E-state index in [1.54, 1.807) is 0 Å². The number of aliphatic carboxylic acids is 2. The molecule has 0 aliphatic rings. The van der Waals surface area contributed by atoms with Crippen LogP contribution in [0, 0.1) is 0 Å². The van der Waals surface area contributed by atoms with Gasteiger partial charge in [-0.1, -0.05) is 0 Å². The summed E-state index contributed by atoms with van der Waals surface area (Å²) in [6.45, 7) is 0.684. The fourth-order valence-electron chi connectivity index (χ4n) is 0.143. The van der Waals surface area contributed by atoms with Crippen LogP contribution in [0.25, 0.3) is 0 Å². The first-order valence-electron chi connectivity index (χ1n) is 2.99. The Morgan fingerprint density at radius 3 is 1.58 bits per heavy atom. The molecular formula is C6H11NO4S. The number of carbonyl (C=O) groups is 2. The molecule has 0 atom stereocenters. The van der Waals surface area contributed by atoms with Gasteiger partial charge in [-0.2, -0.15) is 12.6 Å². The summed E-state index contributed by atoms with van der Waals surface area (Å²) in [6.07, 6.45) is 1.12. The average molecular weight is 193 g/mol. The van der Waals surface area contributed by atoms with Gasteiger partial charge in [-0.25, -0.2) is 9.59 Å². The standard InChI is InChI=1S/C4H4O4.C2H7NS/c5-3(6)1-2-4(7)8;3-1-2-4/h1-2H,(H,5,6)(H,7,8);4H,1-3H2. The van der Waals surface area contributed by atoms with E-state index in [4.69, 9.17) is 15.9 Å². The molecule has 5 nitrogen and oxygen atoms in total. The summed E-state index contributed by atoms with van der Waals surface area (Å²) in [4.78, 5) is 19.1. The number of hydrogen-bond donors (Lipinski definition) is 4. The molecule has 0 amide bonds. The van der Waals surface area contributed by atoms with Crippen molar-refractivity contribution in [2.75, 3.05) is 12.3 Å². The van der Waals surface area contributed by atoms with E-state index in [9.17, 15) is 9.59 Å². The molecule has 0 bridgehead atoms. The second kappa shape index (κ2) is 9.99. The van der Waals surface area contributed by atoms with E-state index in [0.717, 1.165) is 5.75 Å². The molecule has 0 aromatic carbocycles. The zero-order valence-corrected chi connectivity index (χ0v) is 7.20. The van der Waals surface area contributed by atoms with Gasteiger partial charge in [0.15, 0.2) is 0 Å². The topological polar surface area (TPSA) is 101 Å². The molecule has 0 aliphatic carbocycles. The van der Waals surface area contributed by atoms with Crippen LogP contribution in [-0.4, -0.2) is 34.4 Å². The van der Waals surface area contributed by atoms with E-state index >= 15 is 0 Å². The SMILES string of the molecule is NCCS.O=C(O)C=CC(=O)O. The van der Waals surface area contributed by atoms with Gasteiger partial charge in [0.1, 0.15) is 0 Å². The Morgan fingerprint density at radius 2 is 1.50 bits per heavy atom. The molecule has 4 N–H and O–H groups in total. The maximum absolute atomic E-state index is 9.55. The number of thiol groups is 1. The first-order chi connectivity index (χ1) is 5.54. The van der Waals surface area contributed by atoms with Crippen molar-refractivity contribution in [1.82, 2.24) is 0 Å². The normalized spacial score (nSPS) is 8.83. The Kier molecular flexibility index (Phi) is 11.3. The van der Waals surface area contributed by atoms with Gasteiger partial charge in [0.05, 0.1) is 0 Å². The van der Waals surface area contributed by atoms with E-state index in [1.165, 1.54) is 0 Å². The van der Waals surface area contributed by atoms with Crippen LogP contribution in [0.4, 0.5) is 0 Å². The van der Waals surface area contributed by atoms with Gasteiger partial charge in [0.25, 0.3) is 0 Å². The van der Waals surface area contributed by atoms with Crippen LogP contribution in [0.2, 0.25) is 0 Å². The number of nitrogens with two attached hydrogens (primary N) is 1. The van der Waals surface area contributed by atoms with Crippen LogP contribution in [0.3, 0.4) is 0 Å². The van der Waals surface area contributed by atoms with Gasteiger partial charge < -0.3 is 15.9 Å². The van der Waals surface area contributed by atoms with Crippen LogP contribution in [0.15, 0.2) is 12.2 Å². The third kappa shape index (κ3) is 23.0. The van der Waals surface area contributed by atoms with Gasteiger partial charge in [-0.05, 0) is 0 Å². The van der Waals surface area contributed by atoms with Gasteiger partial charge >= 0.3 is 11.9 Å². The van der Waals surface area contributed by atoms with Gasteiger partial charge in [0.2, 0.25) is 0 Å². The largest absolute Gasteiger partial charge is 0.478 e. The van der Waals surface area contributed by atoms with E-state index in [1.807, 2.05) is 0 Å². The van der Waals surface area contributed by atoms with Crippen molar-refractivity contribution in [2.24, 2.45) is 5.73 Å². The molecule has 0 unspecified atom stereocenters. The van der Waals surface area contributed by atoms with E-state index in [2.05, 4.69) is 12.6 Å². The second-order valence-electron chi connectivity index (χ2n) is 1.52. The summed E-state index contributed by atoms with van der Waals surface area (Å²) >= 11 is 3.80. The third-order valence-corrected chi connectivity index (χ3v) is 0.756. The first kappa shape index (κ1) is 13.6. The molecule has 0 rings (SSSR count). The zero-order valence-electron chi connectivity index (χ0n) is 6.30. The highest BCUT2D eigenvalue weighted by Crippen LogP contribution is 1.70. The highest BCUT2D eigenvalue weighted by molar-refractivity contribution is 7.80.